The third kappa shape index (κ3) is 4.91. The summed E-state index contributed by atoms with van der Waals surface area (Å²) in [7, 11) is 0. The van der Waals surface area contributed by atoms with Gasteiger partial charge in [-0.05, 0) is 42.7 Å². The SMILES string of the molecule is NC(=O)c1cc(F)c(N[C@@H]2CCCC[C@@H]2N)nc1Nc1cncc(-c2ccc3c(c2)NC(=O)CO3)c1. The van der Waals surface area contributed by atoms with Crippen LogP contribution in [0.2, 0.25) is 0 Å². The van der Waals surface area contributed by atoms with Gasteiger partial charge in [0.15, 0.2) is 18.2 Å². The predicted molar refractivity (Wildman–Crippen MR) is 134 cm³/mol. The predicted octanol–water partition coefficient (Wildman–Crippen LogP) is 3.14. The molecule has 1 saturated carbocycles. The summed E-state index contributed by atoms with van der Waals surface area (Å²) in [5.41, 5.74) is 14.2. The van der Waals surface area contributed by atoms with E-state index >= 15 is 0 Å². The Morgan fingerprint density at radius 2 is 1.94 bits per heavy atom. The summed E-state index contributed by atoms with van der Waals surface area (Å²) in [6.45, 7) is -0.0241. The summed E-state index contributed by atoms with van der Waals surface area (Å²) in [4.78, 5) is 32.3. The highest BCUT2D eigenvalue weighted by Crippen LogP contribution is 2.34. The van der Waals surface area contributed by atoms with Crippen LogP contribution in [0.5, 0.6) is 5.75 Å². The number of pyridine rings is 2. The van der Waals surface area contributed by atoms with Gasteiger partial charge in [0.25, 0.3) is 11.8 Å². The molecule has 2 amide bonds. The molecule has 5 rings (SSSR count). The van der Waals surface area contributed by atoms with E-state index in [1.54, 1.807) is 30.6 Å². The average Bonchev–Trinajstić information content (AvgIpc) is 2.86. The number of nitrogens with two attached hydrogens (primary N) is 2. The van der Waals surface area contributed by atoms with Crippen molar-refractivity contribution in [3.05, 3.63) is 54.1 Å². The second kappa shape index (κ2) is 9.78. The van der Waals surface area contributed by atoms with Gasteiger partial charge in [0.2, 0.25) is 0 Å². The zero-order chi connectivity index (χ0) is 25.2. The maximum atomic E-state index is 14.8. The number of halogens is 1. The van der Waals surface area contributed by atoms with E-state index in [-0.39, 0.29) is 41.8 Å². The number of aromatic nitrogens is 2. The van der Waals surface area contributed by atoms with E-state index < -0.39 is 11.7 Å². The maximum absolute atomic E-state index is 14.8. The molecule has 1 aromatic carbocycles. The molecule has 11 heteroatoms. The van der Waals surface area contributed by atoms with Gasteiger partial charge in [-0.1, -0.05) is 18.9 Å². The van der Waals surface area contributed by atoms with Crippen LogP contribution in [0.4, 0.5) is 27.4 Å². The number of hydrogen-bond acceptors (Lipinski definition) is 8. The van der Waals surface area contributed by atoms with E-state index in [4.69, 9.17) is 16.2 Å². The summed E-state index contributed by atoms with van der Waals surface area (Å²) < 4.78 is 20.2. The van der Waals surface area contributed by atoms with Gasteiger partial charge in [-0.2, -0.15) is 0 Å². The number of carbonyl (C=O) groups excluding carboxylic acids is 2. The number of nitrogens with one attached hydrogen (secondary N) is 3. The molecule has 2 aromatic heterocycles. The second-order valence-corrected chi connectivity index (χ2v) is 8.91. The van der Waals surface area contributed by atoms with Crippen LogP contribution in [0.15, 0.2) is 42.7 Å². The Balaban J connectivity index is 1.43. The molecule has 0 bridgehead atoms. The van der Waals surface area contributed by atoms with Gasteiger partial charge >= 0.3 is 0 Å². The fourth-order valence-electron chi connectivity index (χ4n) is 4.45. The van der Waals surface area contributed by atoms with E-state index in [2.05, 4.69) is 25.9 Å². The van der Waals surface area contributed by atoms with Crippen molar-refractivity contribution >= 4 is 34.8 Å². The normalized spacial score (nSPS) is 19.0. The summed E-state index contributed by atoms with van der Waals surface area (Å²) in [5, 5.41) is 8.92. The largest absolute Gasteiger partial charge is 0.482 e. The number of nitrogens with zero attached hydrogens (tertiary/aromatic N) is 2. The fourth-order valence-corrected chi connectivity index (χ4v) is 4.45. The lowest BCUT2D eigenvalue weighted by atomic mass is 9.91. The zero-order valence-corrected chi connectivity index (χ0v) is 19.4. The molecule has 1 fully saturated rings. The van der Waals surface area contributed by atoms with Crippen LogP contribution >= 0.6 is 0 Å². The fraction of sp³-hybridized carbons (Fsp3) is 0.280. The Labute approximate surface area is 206 Å². The molecule has 0 saturated heterocycles. The van der Waals surface area contributed by atoms with Crippen LogP contribution in [0.25, 0.3) is 11.1 Å². The van der Waals surface area contributed by atoms with Crippen LogP contribution in [-0.4, -0.2) is 40.5 Å². The number of anilines is 4. The lowest BCUT2D eigenvalue weighted by molar-refractivity contribution is -0.118. The van der Waals surface area contributed by atoms with Crippen molar-refractivity contribution in [1.29, 1.82) is 0 Å². The first-order chi connectivity index (χ1) is 17.4. The van der Waals surface area contributed by atoms with Crippen molar-refractivity contribution in [2.75, 3.05) is 22.6 Å². The highest BCUT2D eigenvalue weighted by molar-refractivity contribution is 5.99. The van der Waals surface area contributed by atoms with Crippen LogP contribution in [0, 0.1) is 5.82 Å². The van der Waals surface area contributed by atoms with Gasteiger partial charge in [-0.3, -0.25) is 14.6 Å². The summed E-state index contributed by atoms with van der Waals surface area (Å²) in [6.07, 6.45) is 6.89. The number of hydrogen-bond donors (Lipinski definition) is 5. The highest BCUT2D eigenvalue weighted by atomic mass is 19.1. The Kier molecular flexibility index (Phi) is 6.38. The Morgan fingerprint density at radius 1 is 1.11 bits per heavy atom. The average molecular weight is 492 g/mol. The molecule has 3 heterocycles. The number of rotatable bonds is 6. The molecule has 1 aliphatic carbocycles. The third-order valence-corrected chi connectivity index (χ3v) is 6.33. The summed E-state index contributed by atoms with van der Waals surface area (Å²) in [6, 6.07) is 8.03. The van der Waals surface area contributed by atoms with Gasteiger partial charge in [-0.15, -0.1) is 0 Å². The van der Waals surface area contributed by atoms with Gasteiger partial charge in [-0.25, -0.2) is 9.37 Å². The molecule has 2 atom stereocenters. The lowest BCUT2D eigenvalue weighted by Crippen LogP contribution is -2.43. The minimum Gasteiger partial charge on any atom is -0.482 e. The molecule has 0 spiro atoms. The smallest absolute Gasteiger partial charge is 0.262 e. The minimum absolute atomic E-state index is 0.000562. The molecule has 186 valence electrons. The van der Waals surface area contributed by atoms with Gasteiger partial charge < -0.3 is 32.2 Å². The van der Waals surface area contributed by atoms with Gasteiger partial charge in [0.1, 0.15) is 11.6 Å². The summed E-state index contributed by atoms with van der Waals surface area (Å²) in [5.74, 6) is -1.05. The molecule has 0 radical (unpaired) electrons. The van der Waals surface area contributed by atoms with Gasteiger partial charge in [0, 0.05) is 23.8 Å². The van der Waals surface area contributed by atoms with Crippen molar-refractivity contribution in [1.82, 2.24) is 9.97 Å². The second-order valence-electron chi connectivity index (χ2n) is 8.91. The quantitative estimate of drug-likeness (QED) is 0.352. The topological polar surface area (TPSA) is 157 Å². The lowest BCUT2D eigenvalue weighted by Gasteiger charge is -2.30. The van der Waals surface area contributed by atoms with Crippen molar-refractivity contribution in [3.63, 3.8) is 0 Å². The van der Waals surface area contributed by atoms with Crippen LogP contribution in [0.3, 0.4) is 0 Å². The Hall–Kier alpha value is -4.25. The number of amides is 2. The molecule has 1 aliphatic heterocycles. The standard InChI is InChI=1S/C25H26FN7O3/c26-17-9-16(23(28)35)24(33-25(17)32-19-4-2-1-3-18(19)27)30-15-7-14(10-29-11-15)13-5-6-21-20(8-13)31-22(34)12-36-21/h5-11,18-19H,1-4,12,27H2,(H2,28,35)(H,31,34)(H2,30,32,33)/t18-,19+/m0/s1. The van der Waals surface area contributed by atoms with Crippen molar-refractivity contribution in [2.45, 2.75) is 37.8 Å². The first-order valence-corrected chi connectivity index (χ1v) is 11.7. The number of benzene rings is 1. The Morgan fingerprint density at radius 3 is 2.75 bits per heavy atom. The molecule has 0 unspecified atom stereocenters. The molecule has 7 N–H and O–H groups in total. The monoisotopic (exact) mass is 491 g/mol. The molecular formula is C25H26FN7O3. The highest BCUT2D eigenvalue weighted by Gasteiger charge is 2.24. The number of ether oxygens (including phenoxy) is 1. The Bertz CT molecular complexity index is 1330. The first-order valence-electron chi connectivity index (χ1n) is 11.7. The maximum Gasteiger partial charge on any atom is 0.262 e. The van der Waals surface area contributed by atoms with E-state index in [1.165, 1.54) is 0 Å². The number of primary amides is 1. The first kappa shape index (κ1) is 23.5. The summed E-state index contributed by atoms with van der Waals surface area (Å²) >= 11 is 0. The van der Waals surface area contributed by atoms with E-state index in [0.717, 1.165) is 42.9 Å². The minimum atomic E-state index is -0.820. The van der Waals surface area contributed by atoms with Crippen molar-refractivity contribution in [3.8, 4) is 16.9 Å². The zero-order valence-electron chi connectivity index (χ0n) is 19.4. The van der Waals surface area contributed by atoms with Crippen molar-refractivity contribution < 1.29 is 18.7 Å². The molecular weight excluding hydrogens is 465 g/mol. The van der Waals surface area contributed by atoms with Crippen molar-refractivity contribution in [2.24, 2.45) is 11.5 Å². The number of fused-ring (bicyclic) bond motifs is 1. The van der Waals surface area contributed by atoms with Crippen LogP contribution in [-0.2, 0) is 4.79 Å². The third-order valence-electron chi connectivity index (χ3n) is 6.33. The van der Waals surface area contributed by atoms with E-state index in [9.17, 15) is 14.0 Å². The molecule has 2 aliphatic rings. The molecule has 10 nitrogen and oxygen atoms in total. The van der Waals surface area contributed by atoms with Gasteiger partial charge in [0.05, 0.1) is 23.1 Å². The molecule has 3 aromatic rings. The van der Waals surface area contributed by atoms with E-state index in [1.807, 2.05) is 6.07 Å². The van der Waals surface area contributed by atoms with E-state index in [0.29, 0.717) is 17.1 Å². The number of carbonyl (C=O) groups is 2. The van der Waals surface area contributed by atoms with Crippen LogP contribution < -0.4 is 32.2 Å². The van der Waals surface area contributed by atoms with Crippen LogP contribution in [0.1, 0.15) is 36.0 Å². The molecule has 36 heavy (non-hydrogen) atoms.